The summed E-state index contributed by atoms with van der Waals surface area (Å²) in [6, 6.07) is 7.51. The lowest BCUT2D eigenvalue weighted by Gasteiger charge is -2.35. The van der Waals surface area contributed by atoms with Gasteiger partial charge in [0.25, 0.3) is 0 Å². The zero-order valence-electron chi connectivity index (χ0n) is 18.3. The van der Waals surface area contributed by atoms with Gasteiger partial charge < -0.3 is 9.80 Å². The van der Waals surface area contributed by atoms with E-state index < -0.39 is 0 Å². The van der Waals surface area contributed by atoms with Crippen molar-refractivity contribution in [3.05, 3.63) is 46.2 Å². The van der Waals surface area contributed by atoms with Gasteiger partial charge in [0.15, 0.2) is 0 Å². The number of piperazine rings is 1. The molecule has 1 aliphatic rings. The second-order valence-electron chi connectivity index (χ2n) is 8.41. The number of amides is 2. The summed E-state index contributed by atoms with van der Waals surface area (Å²) in [5.74, 6) is 0.815. The molecule has 0 aliphatic carbocycles. The molecule has 0 unspecified atom stereocenters. The van der Waals surface area contributed by atoms with Crippen molar-refractivity contribution in [2.75, 3.05) is 26.2 Å². The van der Waals surface area contributed by atoms with E-state index in [1.54, 1.807) is 0 Å². The Labute approximate surface area is 183 Å². The predicted molar refractivity (Wildman–Crippen MR) is 119 cm³/mol. The first kappa shape index (κ1) is 22.3. The molecule has 2 heterocycles. The fourth-order valence-electron chi connectivity index (χ4n) is 3.80. The number of hydrogen-bond acceptors (Lipinski definition) is 3. The van der Waals surface area contributed by atoms with Crippen molar-refractivity contribution in [1.29, 1.82) is 0 Å². The molecule has 0 bridgehead atoms. The van der Waals surface area contributed by atoms with Gasteiger partial charge in [-0.3, -0.25) is 9.59 Å². The van der Waals surface area contributed by atoms with Crippen LogP contribution in [0, 0.1) is 19.8 Å². The average molecular weight is 431 g/mol. The molecular weight excluding hydrogens is 400 g/mol. The molecule has 7 heteroatoms. The van der Waals surface area contributed by atoms with Crippen LogP contribution in [-0.4, -0.2) is 57.6 Å². The Balaban J connectivity index is 1.61. The Bertz CT molecular complexity index is 897. The smallest absolute Gasteiger partial charge is 0.227 e. The number of aromatic nitrogens is 2. The molecule has 1 aromatic carbocycles. The van der Waals surface area contributed by atoms with Crippen molar-refractivity contribution in [1.82, 2.24) is 19.6 Å². The van der Waals surface area contributed by atoms with Crippen LogP contribution < -0.4 is 0 Å². The Kier molecular flexibility index (Phi) is 7.19. The standard InChI is InChI=1S/C23H31ClN4O2/c1-16(2)5-10-22(29)26-11-13-27(14-12-26)23(30)15-21-17(3)25-28(18(21)4)20-8-6-19(24)7-9-20/h6-9,16H,5,10-15H2,1-4H3. The lowest BCUT2D eigenvalue weighted by Crippen LogP contribution is -2.51. The van der Waals surface area contributed by atoms with Crippen LogP contribution in [0.5, 0.6) is 0 Å². The van der Waals surface area contributed by atoms with E-state index in [9.17, 15) is 9.59 Å². The molecule has 2 amide bonds. The Morgan fingerprint density at radius 2 is 1.57 bits per heavy atom. The topological polar surface area (TPSA) is 58.4 Å². The summed E-state index contributed by atoms with van der Waals surface area (Å²) in [6.45, 7) is 10.6. The van der Waals surface area contributed by atoms with Gasteiger partial charge in [-0.15, -0.1) is 0 Å². The number of halogens is 1. The molecule has 0 N–H and O–H groups in total. The van der Waals surface area contributed by atoms with E-state index in [0.717, 1.165) is 29.1 Å². The predicted octanol–water partition coefficient (Wildman–Crippen LogP) is 3.79. The van der Waals surface area contributed by atoms with Crippen molar-refractivity contribution < 1.29 is 9.59 Å². The second kappa shape index (κ2) is 9.65. The van der Waals surface area contributed by atoms with Crippen molar-refractivity contribution in [3.63, 3.8) is 0 Å². The van der Waals surface area contributed by atoms with E-state index in [0.29, 0.717) is 50.0 Å². The van der Waals surface area contributed by atoms with Crippen LogP contribution in [0.4, 0.5) is 0 Å². The molecule has 0 spiro atoms. The summed E-state index contributed by atoms with van der Waals surface area (Å²) in [5, 5.41) is 5.31. The van der Waals surface area contributed by atoms with Gasteiger partial charge in [0.1, 0.15) is 0 Å². The highest BCUT2D eigenvalue weighted by Crippen LogP contribution is 2.21. The molecule has 6 nitrogen and oxygen atoms in total. The van der Waals surface area contributed by atoms with Gasteiger partial charge in [0, 0.05) is 48.9 Å². The first-order valence-corrected chi connectivity index (χ1v) is 11.0. The van der Waals surface area contributed by atoms with Gasteiger partial charge in [0.2, 0.25) is 11.8 Å². The molecule has 0 radical (unpaired) electrons. The first-order chi connectivity index (χ1) is 14.3. The summed E-state index contributed by atoms with van der Waals surface area (Å²) >= 11 is 5.99. The third-order valence-electron chi connectivity index (χ3n) is 5.76. The minimum absolute atomic E-state index is 0.0890. The number of nitrogens with zero attached hydrogens (tertiary/aromatic N) is 4. The van der Waals surface area contributed by atoms with E-state index in [1.165, 1.54) is 0 Å². The van der Waals surface area contributed by atoms with Crippen LogP contribution in [0.3, 0.4) is 0 Å². The summed E-state index contributed by atoms with van der Waals surface area (Å²) in [5.41, 5.74) is 3.71. The SMILES string of the molecule is Cc1nn(-c2ccc(Cl)cc2)c(C)c1CC(=O)N1CCN(C(=O)CCC(C)C)CC1. The summed E-state index contributed by atoms with van der Waals surface area (Å²) in [4.78, 5) is 29.0. The molecular formula is C23H31ClN4O2. The van der Waals surface area contributed by atoms with E-state index in [4.69, 9.17) is 11.6 Å². The van der Waals surface area contributed by atoms with E-state index in [-0.39, 0.29) is 11.8 Å². The molecule has 1 aromatic heterocycles. The molecule has 0 saturated carbocycles. The summed E-state index contributed by atoms with van der Waals surface area (Å²) < 4.78 is 1.86. The number of benzene rings is 1. The lowest BCUT2D eigenvalue weighted by molar-refractivity contribution is -0.139. The van der Waals surface area contributed by atoms with Crippen molar-refractivity contribution in [2.45, 2.75) is 47.0 Å². The molecule has 0 atom stereocenters. The van der Waals surface area contributed by atoms with Crippen molar-refractivity contribution >= 4 is 23.4 Å². The Hall–Kier alpha value is -2.34. The number of carbonyl (C=O) groups is 2. The lowest BCUT2D eigenvalue weighted by atomic mass is 10.1. The fraction of sp³-hybridized carbons (Fsp3) is 0.522. The second-order valence-corrected chi connectivity index (χ2v) is 8.84. The van der Waals surface area contributed by atoms with Crippen molar-refractivity contribution in [3.8, 4) is 5.69 Å². The average Bonchev–Trinajstić information content (AvgIpc) is 3.01. The van der Waals surface area contributed by atoms with E-state index in [1.807, 2.05) is 52.6 Å². The number of hydrogen-bond donors (Lipinski definition) is 0. The molecule has 1 fully saturated rings. The highest BCUT2D eigenvalue weighted by Gasteiger charge is 2.25. The quantitative estimate of drug-likeness (QED) is 0.700. The zero-order valence-corrected chi connectivity index (χ0v) is 19.1. The minimum atomic E-state index is 0.0890. The van der Waals surface area contributed by atoms with E-state index >= 15 is 0 Å². The fourth-order valence-corrected chi connectivity index (χ4v) is 3.93. The van der Waals surface area contributed by atoms with Gasteiger partial charge in [-0.1, -0.05) is 25.4 Å². The molecule has 2 aromatic rings. The third kappa shape index (κ3) is 5.22. The maximum Gasteiger partial charge on any atom is 0.227 e. The minimum Gasteiger partial charge on any atom is -0.339 e. The third-order valence-corrected chi connectivity index (χ3v) is 6.01. The maximum absolute atomic E-state index is 12.9. The number of rotatable bonds is 6. The van der Waals surface area contributed by atoms with Crippen LogP contribution >= 0.6 is 11.6 Å². The van der Waals surface area contributed by atoms with Gasteiger partial charge in [-0.2, -0.15) is 5.10 Å². The summed E-state index contributed by atoms with van der Waals surface area (Å²) in [7, 11) is 0. The first-order valence-electron chi connectivity index (χ1n) is 10.6. The zero-order chi connectivity index (χ0) is 21.8. The Morgan fingerprint density at radius 1 is 1.00 bits per heavy atom. The summed E-state index contributed by atoms with van der Waals surface area (Å²) in [6.07, 6.45) is 1.83. The Morgan fingerprint density at radius 3 is 2.13 bits per heavy atom. The number of carbonyl (C=O) groups excluding carboxylic acids is 2. The molecule has 3 rings (SSSR count). The van der Waals surface area contributed by atoms with Gasteiger partial charge in [-0.05, 0) is 50.5 Å². The maximum atomic E-state index is 12.9. The van der Waals surface area contributed by atoms with Crippen LogP contribution in [0.25, 0.3) is 5.69 Å². The highest BCUT2D eigenvalue weighted by atomic mass is 35.5. The van der Waals surface area contributed by atoms with Gasteiger partial charge in [-0.25, -0.2) is 4.68 Å². The highest BCUT2D eigenvalue weighted by molar-refractivity contribution is 6.30. The normalized spacial score (nSPS) is 14.5. The van der Waals surface area contributed by atoms with Crippen LogP contribution in [0.1, 0.15) is 43.6 Å². The molecule has 1 saturated heterocycles. The molecule has 162 valence electrons. The monoisotopic (exact) mass is 430 g/mol. The number of aryl methyl sites for hydroxylation is 1. The molecule has 30 heavy (non-hydrogen) atoms. The van der Waals surface area contributed by atoms with Crippen LogP contribution in [0.2, 0.25) is 5.02 Å². The van der Waals surface area contributed by atoms with Crippen LogP contribution in [-0.2, 0) is 16.0 Å². The molecule has 1 aliphatic heterocycles. The van der Waals surface area contributed by atoms with E-state index in [2.05, 4.69) is 18.9 Å². The van der Waals surface area contributed by atoms with Crippen LogP contribution in [0.15, 0.2) is 24.3 Å². The van der Waals surface area contributed by atoms with Gasteiger partial charge >= 0.3 is 0 Å². The van der Waals surface area contributed by atoms with Crippen molar-refractivity contribution in [2.24, 2.45) is 5.92 Å². The van der Waals surface area contributed by atoms with Gasteiger partial charge in [0.05, 0.1) is 17.8 Å². The largest absolute Gasteiger partial charge is 0.339 e.